The molecule has 0 spiro atoms. The summed E-state index contributed by atoms with van der Waals surface area (Å²) in [6, 6.07) is 14.6. The van der Waals surface area contributed by atoms with E-state index in [-0.39, 0.29) is 11.6 Å². The third-order valence-corrected chi connectivity index (χ3v) is 5.31. The van der Waals surface area contributed by atoms with Crippen molar-refractivity contribution in [3.63, 3.8) is 0 Å². The fourth-order valence-electron chi connectivity index (χ4n) is 3.25. The summed E-state index contributed by atoms with van der Waals surface area (Å²) in [5, 5.41) is 2.93. The van der Waals surface area contributed by atoms with Crippen molar-refractivity contribution in [3.8, 4) is 5.75 Å². The highest BCUT2D eigenvalue weighted by Gasteiger charge is 2.45. The van der Waals surface area contributed by atoms with Gasteiger partial charge in [-0.2, -0.15) is 0 Å². The van der Waals surface area contributed by atoms with Crippen LogP contribution in [0.3, 0.4) is 0 Å². The Morgan fingerprint density at radius 3 is 2.35 bits per heavy atom. The molecule has 0 saturated heterocycles. The molecule has 2 aromatic carbocycles. The fraction of sp³-hybridized carbons (Fsp3) is 0.316. The van der Waals surface area contributed by atoms with Crippen LogP contribution in [0.5, 0.6) is 5.75 Å². The molecule has 6 nitrogen and oxygen atoms in total. The number of anilines is 2. The van der Waals surface area contributed by atoms with Gasteiger partial charge >= 0.3 is 0 Å². The van der Waals surface area contributed by atoms with Crippen LogP contribution in [0.15, 0.2) is 48.5 Å². The van der Waals surface area contributed by atoms with E-state index in [4.69, 9.17) is 4.74 Å². The maximum absolute atomic E-state index is 13.0. The number of sulfonamides is 1. The predicted molar refractivity (Wildman–Crippen MR) is 102 cm³/mol. The molecule has 0 aliphatic heterocycles. The van der Waals surface area contributed by atoms with E-state index in [0.717, 1.165) is 31.1 Å². The lowest BCUT2D eigenvalue weighted by molar-refractivity contribution is -0.124. The molecule has 0 radical (unpaired) electrons. The van der Waals surface area contributed by atoms with Crippen LogP contribution in [0.1, 0.15) is 24.8 Å². The number of hydrogen-bond acceptors (Lipinski definition) is 4. The molecule has 138 valence electrons. The molecular weight excluding hydrogens is 352 g/mol. The van der Waals surface area contributed by atoms with E-state index in [1.54, 1.807) is 18.2 Å². The second-order valence-electron chi connectivity index (χ2n) is 6.55. The summed E-state index contributed by atoms with van der Waals surface area (Å²) in [6.07, 6.45) is 3.67. The Hall–Kier alpha value is -2.54. The van der Waals surface area contributed by atoms with Gasteiger partial charge in [-0.1, -0.05) is 36.8 Å². The summed E-state index contributed by atoms with van der Waals surface area (Å²) in [7, 11) is -2.00. The summed E-state index contributed by atoms with van der Waals surface area (Å²) in [4.78, 5) is 13.0. The molecule has 0 unspecified atom stereocenters. The van der Waals surface area contributed by atoms with Crippen LogP contribution < -0.4 is 14.8 Å². The van der Waals surface area contributed by atoms with E-state index < -0.39 is 15.4 Å². The zero-order chi connectivity index (χ0) is 18.8. The van der Waals surface area contributed by atoms with Crippen molar-refractivity contribution in [1.29, 1.82) is 0 Å². The first kappa shape index (κ1) is 18.3. The molecule has 2 N–H and O–H groups in total. The molecule has 1 saturated carbocycles. The van der Waals surface area contributed by atoms with Crippen LogP contribution in [0.25, 0.3) is 0 Å². The van der Waals surface area contributed by atoms with Crippen LogP contribution in [-0.4, -0.2) is 27.7 Å². The second-order valence-corrected chi connectivity index (χ2v) is 8.29. The number of carbonyl (C=O) groups excluding carboxylic acids is 1. The minimum absolute atomic E-state index is 0.0783. The average molecular weight is 374 g/mol. The summed E-state index contributed by atoms with van der Waals surface area (Å²) >= 11 is 0. The fourth-order valence-corrected chi connectivity index (χ4v) is 3.81. The molecule has 26 heavy (non-hydrogen) atoms. The van der Waals surface area contributed by atoms with Gasteiger partial charge in [0.25, 0.3) is 0 Å². The zero-order valence-corrected chi connectivity index (χ0v) is 15.6. The zero-order valence-electron chi connectivity index (χ0n) is 14.8. The third-order valence-electron chi connectivity index (χ3n) is 4.72. The van der Waals surface area contributed by atoms with Gasteiger partial charge in [-0.15, -0.1) is 0 Å². The first-order chi connectivity index (χ1) is 12.3. The van der Waals surface area contributed by atoms with E-state index in [1.165, 1.54) is 7.11 Å². The summed E-state index contributed by atoms with van der Waals surface area (Å²) in [6.45, 7) is 0. The van der Waals surface area contributed by atoms with E-state index in [9.17, 15) is 13.2 Å². The van der Waals surface area contributed by atoms with Gasteiger partial charge in [-0.25, -0.2) is 8.42 Å². The molecule has 7 heteroatoms. The van der Waals surface area contributed by atoms with E-state index in [0.29, 0.717) is 11.4 Å². The Morgan fingerprint density at radius 2 is 1.81 bits per heavy atom. The first-order valence-electron chi connectivity index (χ1n) is 8.37. The second kappa shape index (κ2) is 6.99. The lowest BCUT2D eigenvalue weighted by Crippen LogP contribution is -2.45. The lowest BCUT2D eigenvalue weighted by Gasteiger charge is -2.40. The van der Waals surface area contributed by atoms with Crippen LogP contribution in [0.4, 0.5) is 11.4 Å². The molecule has 0 atom stereocenters. The van der Waals surface area contributed by atoms with Crippen LogP contribution >= 0.6 is 0 Å². The van der Waals surface area contributed by atoms with Gasteiger partial charge in [0.1, 0.15) is 5.75 Å². The molecule has 0 heterocycles. The molecule has 0 bridgehead atoms. The molecular formula is C19H22N2O4S. The van der Waals surface area contributed by atoms with E-state index in [2.05, 4.69) is 10.0 Å². The smallest absolute Gasteiger partial charge is 0.235 e. The molecule has 3 rings (SSSR count). The van der Waals surface area contributed by atoms with Crippen LogP contribution in [0.2, 0.25) is 0 Å². The van der Waals surface area contributed by atoms with E-state index in [1.807, 2.05) is 30.3 Å². The highest BCUT2D eigenvalue weighted by Crippen LogP contribution is 2.44. The van der Waals surface area contributed by atoms with Gasteiger partial charge < -0.3 is 10.1 Å². The minimum Gasteiger partial charge on any atom is -0.495 e. The Bertz CT molecular complexity index is 906. The van der Waals surface area contributed by atoms with Crippen molar-refractivity contribution < 1.29 is 17.9 Å². The van der Waals surface area contributed by atoms with Gasteiger partial charge in [-0.05, 0) is 36.6 Å². The quantitative estimate of drug-likeness (QED) is 0.814. The maximum Gasteiger partial charge on any atom is 0.235 e. The highest BCUT2D eigenvalue weighted by molar-refractivity contribution is 7.92. The average Bonchev–Trinajstić information content (AvgIpc) is 2.53. The summed E-state index contributed by atoms with van der Waals surface area (Å²) in [5.74, 6) is 0.306. The van der Waals surface area contributed by atoms with Crippen LogP contribution in [-0.2, 0) is 20.2 Å². The summed E-state index contributed by atoms with van der Waals surface area (Å²) < 4.78 is 30.7. The number of carbonyl (C=O) groups is 1. The van der Waals surface area contributed by atoms with Gasteiger partial charge in [0.15, 0.2) is 0 Å². The van der Waals surface area contributed by atoms with Gasteiger partial charge in [0.2, 0.25) is 15.9 Å². The van der Waals surface area contributed by atoms with E-state index >= 15 is 0 Å². The van der Waals surface area contributed by atoms with Crippen molar-refractivity contribution >= 4 is 27.3 Å². The highest BCUT2D eigenvalue weighted by atomic mass is 32.2. The van der Waals surface area contributed by atoms with Crippen molar-refractivity contribution in [1.82, 2.24) is 0 Å². The van der Waals surface area contributed by atoms with Crippen LogP contribution in [0, 0.1) is 0 Å². The number of hydrogen-bond donors (Lipinski definition) is 2. The van der Waals surface area contributed by atoms with Gasteiger partial charge in [0, 0.05) is 5.69 Å². The lowest BCUT2D eigenvalue weighted by atomic mass is 9.64. The molecule has 1 amide bonds. The Kier molecular flexibility index (Phi) is 4.91. The number of methoxy groups -OCH3 is 1. The molecule has 1 aliphatic carbocycles. The summed E-state index contributed by atoms with van der Waals surface area (Å²) in [5.41, 5.74) is 1.29. The molecule has 1 aliphatic rings. The predicted octanol–water partition coefficient (Wildman–Crippen LogP) is 3.13. The topological polar surface area (TPSA) is 84.5 Å². The first-order valence-corrected chi connectivity index (χ1v) is 10.3. The molecule has 1 fully saturated rings. The number of ether oxygens (including phenoxy) is 1. The van der Waals surface area contributed by atoms with Crippen molar-refractivity contribution in [3.05, 3.63) is 54.1 Å². The van der Waals surface area contributed by atoms with Crippen molar-refractivity contribution in [2.45, 2.75) is 24.7 Å². The normalized spacial score (nSPS) is 15.6. The maximum atomic E-state index is 13.0. The standard InChI is InChI=1S/C19H22N2O4S/c1-25-17-10-9-15(13-16(17)21-26(2,23)24)20-18(22)19(11-6-12-19)14-7-4-3-5-8-14/h3-5,7-10,13,21H,6,11-12H2,1-2H3,(H,20,22). The number of nitrogens with one attached hydrogen (secondary N) is 2. The number of benzene rings is 2. The number of rotatable bonds is 6. The van der Waals surface area contributed by atoms with Crippen molar-refractivity contribution in [2.75, 3.05) is 23.4 Å². The van der Waals surface area contributed by atoms with Crippen molar-refractivity contribution in [2.24, 2.45) is 0 Å². The third kappa shape index (κ3) is 3.67. The van der Waals surface area contributed by atoms with Gasteiger partial charge in [0.05, 0.1) is 24.5 Å². The Labute approximate surface area is 153 Å². The Morgan fingerprint density at radius 1 is 1.12 bits per heavy atom. The SMILES string of the molecule is COc1ccc(NC(=O)C2(c3ccccc3)CCC2)cc1NS(C)(=O)=O. The molecule has 2 aromatic rings. The minimum atomic E-state index is -3.46. The Balaban J connectivity index is 1.86. The number of amides is 1. The largest absolute Gasteiger partial charge is 0.495 e. The molecule has 0 aromatic heterocycles. The van der Waals surface area contributed by atoms with Gasteiger partial charge in [-0.3, -0.25) is 9.52 Å². The monoisotopic (exact) mass is 374 g/mol.